The third-order valence-electron chi connectivity index (χ3n) is 2.66. The molecule has 0 aromatic carbocycles. The summed E-state index contributed by atoms with van der Waals surface area (Å²) >= 11 is 0. The van der Waals surface area contributed by atoms with E-state index in [-0.39, 0.29) is 5.67 Å². The Kier molecular flexibility index (Phi) is 4.27. The molecular weight excluding hydrogens is 198 g/mol. The second kappa shape index (κ2) is 5.04. The fraction of sp³-hybridized carbons (Fsp3) is 0.778. The van der Waals surface area contributed by atoms with E-state index in [9.17, 15) is 0 Å². The lowest BCUT2D eigenvalue weighted by atomic mass is 10.3. The number of likely N-dealkylation sites (N-methyl/N-ethyl adjacent to an activating group) is 1. The molecule has 0 bridgehead atoms. The lowest BCUT2D eigenvalue weighted by Gasteiger charge is -2.37. The van der Waals surface area contributed by atoms with Crippen molar-refractivity contribution in [1.82, 2.24) is 4.90 Å². The Hall–Kier alpha value is -0.203. The van der Waals surface area contributed by atoms with Gasteiger partial charge in [-0.2, -0.15) is 0 Å². The molecule has 4 nitrogen and oxygen atoms in total. The number of rotatable bonds is 4. The lowest BCUT2D eigenvalue weighted by molar-refractivity contribution is 0.0909. The molecule has 0 aromatic heterocycles. The standard InChI is InChI=1S/C9H19NO3Si/c1-10-8-6-5-7-9(10)14(11-2,12-3)13-4/h5,7,9H,6,8H2,1-4H3. The molecule has 0 aromatic rings. The van der Waals surface area contributed by atoms with Gasteiger partial charge >= 0.3 is 8.80 Å². The maximum atomic E-state index is 5.45. The summed E-state index contributed by atoms with van der Waals surface area (Å²) in [4.78, 5) is 2.21. The smallest absolute Gasteiger partial charge is 0.376 e. The fourth-order valence-electron chi connectivity index (χ4n) is 1.79. The second-order valence-corrected chi connectivity index (χ2v) is 6.38. The van der Waals surface area contributed by atoms with Crippen LogP contribution in [0.3, 0.4) is 0 Å². The summed E-state index contributed by atoms with van der Waals surface area (Å²) in [7, 11) is 4.47. The number of hydrogen-bond acceptors (Lipinski definition) is 4. The predicted octanol–water partition coefficient (Wildman–Crippen LogP) is 0.664. The highest BCUT2D eigenvalue weighted by atomic mass is 28.4. The van der Waals surface area contributed by atoms with Gasteiger partial charge in [-0.25, -0.2) is 0 Å². The quantitative estimate of drug-likeness (QED) is 0.511. The summed E-state index contributed by atoms with van der Waals surface area (Å²) in [6.07, 6.45) is 5.35. The summed E-state index contributed by atoms with van der Waals surface area (Å²) in [5, 5.41) is 0. The lowest BCUT2D eigenvalue weighted by Crippen LogP contribution is -2.60. The van der Waals surface area contributed by atoms with Gasteiger partial charge < -0.3 is 13.3 Å². The van der Waals surface area contributed by atoms with Crippen molar-refractivity contribution in [3.63, 3.8) is 0 Å². The minimum atomic E-state index is -2.54. The molecule has 1 aliphatic rings. The Morgan fingerprint density at radius 1 is 1.21 bits per heavy atom. The van der Waals surface area contributed by atoms with Crippen LogP contribution in [0.5, 0.6) is 0 Å². The van der Waals surface area contributed by atoms with Crippen molar-refractivity contribution >= 4 is 8.80 Å². The van der Waals surface area contributed by atoms with Crippen LogP contribution in [0.1, 0.15) is 6.42 Å². The average Bonchev–Trinajstić information content (AvgIpc) is 2.24. The van der Waals surface area contributed by atoms with E-state index in [1.807, 2.05) is 0 Å². The van der Waals surface area contributed by atoms with Gasteiger partial charge in [-0.1, -0.05) is 12.2 Å². The first-order valence-corrected chi connectivity index (χ1v) is 6.52. The zero-order valence-corrected chi connectivity index (χ0v) is 10.3. The van der Waals surface area contributed by atoms with Crippen molar-refractivity contribution in [3.8, 4) is 0 Å². The van der Waals surface area contributed by atoms with Crippen LogP contribution in [0, 0.1) is 0 Å². The van der Waals surface area contributed by atoms with Gasteiger partial charge in [0.1, 0.15) is 0 Å². The number of hydrogen-bond donors (Lipinski definition) is 0. The highest BCUT2D eigenvalue weighted by molar-refractivity contribution is 6.63. The van der Waals surface area contributed by atoms with Crippen LogP contribution in [0.4, 0.5) is 0 Å². The van der Waals surface area contributed by atoms with Crippen LogP contribution in [-0.2, 0) is 13.3 Å². The third kappa shape index (κ3) is 2.07. The van der Waals surface area contributed by atoms with E-state index in [1.54, 1.807) is 21.3 Å². The zero-order valence-electron chi connectivity index (χ0n) is 9.32. The first-order chi connectivity index (χ1) is 6.70. The minimum Gasteiger partial charge on any atom is -0.376 e. The molecule has 0 radical (unpaired) electrons. The fourth-order valence-corrected chi connectivity index (χ4v) is 4.05. The largest absolute Gasteiger partial charge is 0.522 e. The third-order valence-corrected chi connectivity index (χ3v) is 5.72. The van der Waals surface area contributed by atoms with Gasteiger partial charge in [0, 0.05) is 27.9 Å². The van der Waals surface area contributed by atoms with E-state index in [0.717, 1.165) is 13.0 Å². The summed E-state index contributed by atoms with van der Waals surface area (Å²) in [6.45, 7) is 1.02. The average molecular weight is 217 g/mol. The molecule has 1 heterocycles. The molecule has 5 heteroatoms. The second-order valence-electron chi connectivity index (χ2n) is 3.36. The Labute approximate surface area is 86.8 Å². The predicted molar refractivity (Wildman–Crippen MR) is 57.0 cm³/mol. The maximum absolute atomic E-state index is 5.45. The van der Waals surface area contributed by atoms with Crippen molar-refractivity contribution in [2.45, 2.75) is 12.1 Å². The molecule has 1 rings (SSSR count). The van der Waals surface area contributed by atoms with Crippen molar-refractivity contribution in [2.75, 3.05) is 34.9 Å². The summed E-state index contributed by atoms with van der Waals surface area (Å²) < 4.78 is 16.3. The van der Waals surface area contributed by atoms with Crippen LogP contribution in [0.25, 0.3) is 0 Å². The van der Waals surface area contributed by atoms with Crippen LogP contribution in [0.15, 0.2) is 12.2 Å². The van der Waals surface area contributed by atoms with Gasteiger partial charge in [-0.05, 0) is 13.5 Å². The molecule has 82 valence electrons. The van der Waals surface area contributed by atoms with Crippen molar-refractivity contribution in [3.05, 3.63) is 12.2 Å². The number of nitrogens with zero attached hydrogens (tertiary/aromatic N) is 1. The maximum Gasteiger partial charge on any atom is 0.522 e. The summed E-state index contributed by atoms with van der Waals surface area (Å²) in [5.41, 5.74) is 0.135. The first kappa shape index (κ1) is 11.9. The van der Waals surface area contributed by atoms with Gasteiger partial charge in [0.05, 0.1) is 5.67 Å². The monoisotopic (exact) mass is 217 g/mol. The molecule has 0 saturated heterocycles. The van der Waals surface area contributed by atoms with Crippen LogP contribution >= 0.6 is 0 Å². The normalized spacial score (nSPS) is 24.1. The molecule has 1 aliphatic heterocycles. The van der Waals surface area contributed by atoms with Crippen LogP contribution < -0.4 is 0 Å². The van der Waals surface area contributed by atoms with E-state index in [1.165, 1.54) is 0 Å². The van der Waals surface area contributed by atoms with Gasteiger partial charge in [0.15, 0.2) is 0 Å². The minimum absolute atomic E-state index is 0.135. The molecule has 0 N–H and O–H groups in total. The molecule has 0 spiro atoms. The van der Waals surface area contributed by atoms with Crippen molar-refractivity contribution in [2.24, 2.45) is 0 Å². The van der Waals surface area contributed by atoms with Gasteiger partial charge in [0.25, 0.3) is 0 Å². The molecule has 1 unspecified atom stereocenters. The van der Waals surface area contributed by atoms with Crippen LogP contribution in [0.2, 0.25) is 0 Å². The van der Waals surface area contributed by atoms with Crippen molar-refractivity contribution in [1.29, 1.82) is 0 Å². The summed E-state index contributed by atoms with van der Waals surface area (Å²) in [5.74, 6) is 0. The molecule has 14 heavy (non-hydrogen) atoms. The first-order valence-electron chi connectivity index (χ1n) is 4.72. The summed E-state index contributed by atoms with van der Waals surface area (Å²) in [6, 6.07) is 0. The van der Waals surface area contributed by atoms with Gasteiger partial charge in [-0.3, -0.25) is 4.90 Å². The molecule has 0 aliphatic carbocycles. The highest BCUT2D eigenvalue weighted by Crippen LogP contribution is 2.20. The molecule has 0 amide bonds. The van der Waals surface area contributed by atoms with E-state index in [4.69, 9.17) is 13.3 Å². The molecule has 0 saturated carbocycles. The van der Waals surface area contributed by atoms with Gasteiger partial charge in [-0.15, -0.1) is 0 Å². The van der Waals surface area contributed by atoms with E-state index in [2.05, 4.69) is 24.1 Å². The van der Waals surface area contributed by atoms with Crippen LogP contribution in [-0.4, -0.2) is 54.3 Å². The van der Waals surface area contributed by atoms with E-state index >= 15 is 0 Å². The SMILES string of the molecule is CO[Si](OC)(OC)C1C=CCCN1C. The van der Waals surface area contributed by atoms with Gasteiger partial charge in [0.2, 0.25) is 0 Å². The topological polar surface area (TPSA) is 30.9 Å². The van der Waals surface area contributed by atoms with Crippen molar-refractivity contribution < 1.29 is 13.3 Å². The molecule has 1 atom stereocenters. The Morgan fingerprint density at radius 3 is 2.21 bits per heavy atom. The highest BCUT2D eigenvalue weighted by Gasteiger charge is 2.48. The molecular formula is C9H19NO3Si. The van der Waals surface area contributed by atoms with E-state index in [0.29, 0.717) is 0 Å². The zero-order chi connectivity index (χ0) is 10.6. The Bertz CT molecular complexity index is 198. The molecule has 0 fully saturated rings. The van der Waals surface area contributed by atoms with E-state index < -0.39 is 8.80 Å². The Morgan fingerprint density at radius 2 is 1.79 bits per heavy atom. The Balaban J connectivity index is 2.85.